The number of carbonyl (C=O) groups is 1. The van der Waals surface area contributed by atoms with Crippen LogP contribution in [0.2, 0.25) is 0 Å². The van der Waals surface area contributed by atoms with Gasteiger partial charge in [-0.2, -0.15) is 4.39 Å². The summed E-state index contributed by atoms with van der Waals surface area (Å²) in [5, 5.41) is 2.26. The molecule has 0 aliphatic heterocycles. The van der Waals surface area contributed by atoms with Gasteiger partial charge in [0, 0.05) is 7.05 Å². The highest BCUT2D eigenvalue weighted by molar-refractivity contribution is 5.75. The number of aromatic nitrogens is 2. The molecule has 0 atom stereocenters. The van der Waals surface area contributed by atoms with Gasteiger partial charge in [-0.3, -0.25) is 19.1 Å². The first-order valence-corrected chi connectivity index (χ1v) is 3.74. The summed E-state index contributed by atoms with van der Waals surface area (Å²) in [7, 11) is 1.38. The lowest BCUT2D eigenvalue weighted by atomic mass is 10.5. The molecule has 0 fully saturated rings. The highest BCUT2D eigenvalue weighted by Gasteiger charge is 2.06. The Bertz CT molecular complexity index is 463. The van der Waals surface area contributed by atoms with Gasteiger partial charge in [-0.15, -0.1) is 0 Å². The number of nitrogens with one attached hydrogen (secondary N) is 2. The van der Waals surface area contributed by atoms with E-state index in [1.165, 1.54) is 7.05 Å². The summed E-state index contributed by atoms with van der Waals surface area (Å²) < 4.78 is 13.5. The van der Waals surface area contributed by atoms with Gasteiger partial charge in [0.15, 0.2) is 0 Å². The van der Waals surface area contributed by atoms with Crippen molar-refractivity contribution in [1.29, 1.82) is 0 Å². The SMILES string of the molecule is C.CNC(=O)Cn1cc(F)c(=O)[nH]c1=O. The Morgan fingerprint density at radius 3 is 2.73 bits per heavy atom. The van der Waals surface area contributed by atoms with Gasteiger partial charge in [0.1, 0.15) is 6.54 Å². The summed E-state index contributed by atoms with van der Waals surface area (Å²) in [6.45, 7) is -0.330. The van der Waals surface area contributed by atoms with E-state index < -0.39 is 23.0 Å². The van der Waals surface area contributed by atoms with Gasteiger partial charge < -0.3 is 5.32 Å². The molecule has 15 heavy (non-hydrogen) atoms. The standard InChI is InChI=1S/C7H8FN3O3.CH4/c1-9-5(12)3-11-2-4(8)6(13)10-7(11)14;/h2H,3H2,1H3,(H,9,12)(H,10,13,14);1H4. The molecule has 0 aliphatic rings. The Morgan fingerprint density at radius 2 is 2.20 bits per heavy atom. The molecule has 7 heteroatoms. The van der Waals surface area contributed by atoms with Gasteiger partial charge in [-0.25, -0.2) is 4.79 Å². The molecule has 1 heterocycles. The summed E-state index contributed by atoms with van der Waals surface area (Å²) in [6, 6.07) is 0. The van der Waals surface area contributed by atoms with Crippen LogP contribution in [0.3, 0.4) is 0 Å². The third-order valence-electron chi connectivity index (χ3n) is 1.56. The highest BCUT2D eigenvalue weighted by atomic mass is 19.1. The summed E-state index contributed by atoms with van der Waals surface area (Å²) in [6.07, 6.45) is 0.691. The Morgan fingerprint density at radius 1 is 1.60 bits per heavy atom. The van der Waals surface area contributed by atoms with Crippen LogP contribution in [0.5, 0.6) is 0 Å². The number of hydrogen-bond donors (Lipinski definition) is 2. The van der Waals surface area contributed by atoms with Gasteiger partial charge in [-0.1, -0.05) is 7.43 Å². The quantitative estimate of drug-likeness (QED) is 0.670. The lowest BCUT2D eigenvalue weighted by Gasteiger charge is -2.02. The molecule has 1 rings (SSSR count). The predicted molar refractivity (Wildman–Crippen MR) is 52.1 cm³/mol. The van der Waals surface area contributed by atoms with E-state index in [0.29, 0.717) is 6.20 Å². The summed E-state index contributed by atoms with van der Waals surface area (Å²) in [4.78, 5) is 34.2. The topological polar surface area (TPSA) is 84.0 Å². The third-order valence-corrected chi connectivity index (χ3v) is 1.56. The van der Waals surface area contributed by atoms with Crippen LogP contribution in [0.1, 0.15) is 7.43 Å². The van der Waals surface area contributed by atoms with E-state index in [1.54, 1.807) is 4.98 Å². The van der Waals surface area contributed by atoms with Crippen molar-refractivity contribution in [2.45, 2.75) is 14.0 Å². The summed E-state index contributed by atoms with van der Waals surface area (Å²) in [5.41, 5.74) is -1.91. The van der Waals surface area contributed by atoms with Crippen LogP contribution in [0.4, 0.5) is 4.39 Å². The van der Waals surface area contributed by atoms with Gasteiger partial charge in [0.2, 0.25) is 11.7 Å². The van der Waals surface area contributed by atoms with Crippen LogP contribution in [0, 0.1) is 5.82 Å². The number of aromatic amines is 1. The Kier molecular flexibility index (Phi) is 4.43. The molecule has 0 saturated carbocycles. The average Bonchev–Trinajstić information content (AvgIpc) is 2.14. The molecule has 2 N–H and O–H groups in total. The van der Waals surface area contributed by atoms with E-state index in [4.69, 9.17) is 0 Å². The number of likely N-dealkylation sites (N-methyl/N-ethyl adjacent to an activating group) is 1. The predicted octanol–water partition coefficient (Wildman–Crippen LogP) is -0.942. The number of carbonyl (C=O) groups excluding carboxylic acids is 1. The van der Waals surface area contributed by atoms with Gasteiger partial charge >= 0.3 is 5.69 Å². The molecule has 0 saturated heterocycles. The number of hydrogen-bond acceptors (Lipinski definition) is 3. The van der Waals surface area contributed by atoms with Crippen molar-refractivity contribution in [2.24, 2.45) is 0 Å². The van der Waals surface area contributed by atoms with Crippen LogP contribution in [-0.4, -0.2) is 22.5 Å². The first kappa shape index (κ1) is 13.1. The van der Waals surface area contributed by atoms with E-state index in [0.717, 1.165) is 4.57 Å². The molecule has 0 aliphatic carbocycles. The van der Waals surface area contributed by atoms with Crippen LogP contribution >= 0.6 is 0 Å². The monoisotopic (exact) mass is 217 g/mol. The number of H-pyrrole nitrogens is 1. The third kappa shape index (κ3) is 3.04. The van der Waals surface area contributed by atoms with Gasteiger partial charge in [-0.05, 0) is 0 Å². The molecular formula is C8H12FN3O3. The van der Waals surface area contributed by atoms with E-state index in [2.05, 4.69) is 5.32 Å². The van der Waals surface area contributed by atoms with E-state index in [-0.39, 0.29) is 14.0 Å². The minimum atomic E-state index is -1.10. The second kappa shape index (κ2) is 5.08. The summed E-state index contributed by atoms with van der Waals surface area (Å²) >= 11 is 0. The van der Waals surface area contributed by atoms with E-state index in [9.17, 15) is 18.8 Å². The maximum absolute atomic E-state index is 12.7. The molecule has 1 aromatic rings. The van der Waals surface area contributed by atoms with Crippen LogP contribution < -0.4 is 16.6 Å². The maximum atomic E-state index is 12.7. The molecule has 1 aromatic heterocycles. The lowest BCUT2D eigenvalue weighted by molar-refractivity contribution is -0.121. The van der Waals surface area contributed by atoms with E-state index >= 15 is 0 Å². The summed E-state index contributed by atoms with van der Waals surface area (Å²) in [5.74, 6) is -1.56. The Labute approximate surface area is 84.7 Å². The Balaban J connectivity index is 0.00000196. The molecule has 0 aromatic carbocycles. The first-order valence-electron chi connectivity index (χ1n) is 3.74. The normalized spacial score (nSPS) is 9.20. The van der Waals surface area contributed by atoms with Crippen molar-refractivity contribution in [1.82, 2.24) is 14.9 Å². The molecule has 0 radical (unpaired) electrons. The second-order valence-electron chi connectivity index (χ2n) is 2.54. The molecule has 0 unspecified atom stereocenters. The zero-order valence-corrected chi connectivity index (χ0v) is 7.33. The largest absolute Gasteiger partial charge is 0.358 e. The molecule has 0 bridgehead atoms. The maximum Gasteiger partial charge on any atom is 0.328 e. The zero-order chi connectivity index (χ0) is 10.7. The van der Waals surface area contributed by atoms with Crippen molar-refractivity contribution in [2.75, 3.05) is 7.05 Å². The zero-order valence-electron chi connectivity index (χ0n) is 7.33. The van der Waals surface area contributed by atoms with Gasteiger partial charge in [0.25, 0.3) is 5.56 Å². The molecule has 1 amide bonds. The number of halogens is 1. The van der Waals surface area contributed by atoms with Crippen LogP contribution in [0.25, 0.3) is 0 Å². The molecular weight excluding hydrogens is 205 g/mol. The number of nitrogens with zero attached hydrogens (tertiary/aromatic N) is 1. The van der Waals surface area contributed by atoms with Crippen molar-refractivity contribution >= 4 is 5.91 Å². The van der Waals surface area contributed by atoms with Crippen LogP contribution in [0.15, 0.2) is 15.8 Å². The smallest absolute Gasteiger partial charge is 0.328 e. The lowest BCUT2D eigenvalue weighted by Crippen LogP contribution is -2.35. The van der Waals surface area contributed by atoms with Crippen molar-refractivity contribution < 1.29 is 9.18 Å². The Hall–Kier alpha value is -1.92. The van der Waals surface area contributed by atoms with Crippen molar-refractivity contribution in [3.05, 3.63) is 32.9 Å². The second-order valence-corrected chi connectivity index (χ2v) is 2.54. The van der Waals surface area contributed by atoms with Crippen molar-refractivity contribution in [3.63, 3.8) is 0 Å². The first-order chi connectivity index (χ1) is 6.54. The molecule has 6 nitrogen and oxygen atoms in total. The van der Waals surface area contributed by atoms with Crippen molar-refractivity contribution in [3.8, 4) is 0 Å². The molecule has 0 spiro atoms. The number of amides is 1. The highest BCUT2D eigenvalue weighted by Crippen LogP contribution is 1.83. The fourth-order valence-electron chi connectivity index (χ4n) is 0.834. The fraction of sp³-hybridized carbons (Fsp3) is 0.375. The average molecular weight is 217 g/mol. The minimum absolute atomic E-state index is 0. The van der Waals surface area contributed by atoms with Crippen LogP contribution in [-0.2, 0) is 11.3 Å². The minimum Gasteiger partial charge on any atom is -0.358 e. The van der Waals surface area contributed by atoms with E-state index in [1.807, 2.05) is 0 Å². The molecule has 84 valence electrons. The fourth-order valence-corrected chi connectivity index (χ4v) is 0.834. The number of rotatable bonds is 2. The van der Waals surface area contributed by atoms with Gasteiger partial charge in [0.05, 0.1) is 6.20 Å².